The van der Waals surface area contributed by atoms with Crippen LogP contribution >= 0.6 is 11.8 Å². The normalized spacial score (nSPS) is 16.8. The Morgan fingerprint density at radius 1 is 1.15 bits per heavy atom. The molecule has 3 N–H and O–H groups in total. The molecule has 0 saturated heterocycles. The lowest BCUT2D eigenvalue weighted by Crippen LogP contribution is -2.48. The van der Waals surface area contributed by atoms with E-state index in [2.05, 4.69) is 0 Å². The van der Waals surface area contributed by atoms with E-state index < -0.39 is 33.5 Å². The van der Waals surface area contributed by atoms with Crippen LogP contribution in [0.3, 0.4) is 0 Å². The van der Waals surface area contributed by atoms with Crippen LogP contribution in [0.4, 0.5) is 0 Å². The number of thioether (sulfide) groups is 1. The molecule has 0 spiro atoms. The number of aliphatic hydroxyl groups excluding tert-OH is 2. The minimum Gasteiger partial charge on any atom is -0.459 e. The Kier molecular flexibility index (Phi) is 9.60. The van der Waals surface area contributed by atoms with Crippen LogP contribution in [-0.2, 0) is 19.6 Å². The second-order valence-electron chi connectivity index (χ2n) is 8.43. The topological polar surface area (TPSA) is 121 Å². The van der Waals surface area contributed by atoms with Crippen molar-refractivity contribution < 1.29 is 32.7 Å². The van der Waals surface area contributed by atoms with Crippen molar-refractivity contribution in [3.05, 3.63) is 0 Å². The summed E-state index contributed by atoms with van der Waals surface area (Å²) >= 11 is 1.49. The maximum absolute atomic E-state index is 12.2. The summed E-state index contributed by atoms with van der Waals surface area (Å²) < 4.78 is 35.7. The zero-order chi connectivity index (χ0) is 20.8. The zero-order valence-corrected chi connectivity index (χ0v) is 18.2. The Balaban J connectivity index is 5.02. The van der Waals surface area contributed by atoms with Crippen LogP contribution in [0.2, 0.25) is 0 Å². The van der Waals surface area contributed by atoms with E-state index >= 15 is 0 Å². The van der Waals surface area contributed by atoms with Crippen LogP contribution in [-0.4, -0.2) is 63.7 Å². The van der Waals surface area contributed by atoms with Gasteiger partial charge in [0.2, 0.25) is 0 Å². The van der Waals surface area contributed by atoms with Crippen molar-refractivity contribution in [1.82, 2.24) is 0 Å². The molecular formula is C17H34O7S2. The molecule has 7 nitrogen and oxygen atoms in total. The van der Waals surface area contributed by atoms with Crippen LogP contribution in [0.15, 0.2) is 0 Å². The Morgan fingerprint density at radius 3 is 2.12 bits per heavy atom. The van der Waals surface area contributed by atoms with E-state index in [0.29, 0.717) is 12.2 Å². The van der Waals surface area contributed by atoms with Gasteiger partial charge >= 0.3 is 5.97 Å². The molecule has 0 aromatic carbocycles. The lowest BCUT2D eigenvalue weighted by molar-refractivity contribution is -0.172. The lowest BCUT2D eigenvalue weighted by Gasteiger charge is -2.45. The van der Waals surface area contributed by atoms with Crippen LogP contribution < -0.4 is 0 Å². The third-order valence-corrected chi connectivity index (χ3v) is 6.63. The molecule has 0 aliphatic heterocycles. The predicted octanol–water partition coefficient (Wildman–Crippen LogP) is 2.26. The van der Waals surface area contributed by atoms with Crippen molar-refractivity contribution in [2.24, 2.45) is 5.41 Å². The minimum atomic E-state index is -4.09. The van der Waals surface area contributed by atoms with Gasteiger partial charge in [-0.1, -0.05) is 34.6 Å². The smallest absolute Gasteiger partial charge is 0.306 e. The molecule has 0 aliphatic carbocycles. The van der Waals surface area contributed by atoms with Crippen molar-refractivity contribution in [1.29, 1.82) is 0 Å². The number of ether oxygens (including phenoxy) is 1. The summed E-state index contributed by atoms with van der Waals surface area (Å²) in [4.78, 5) is 12.2. The van der Waals surface area contributed by atoms with Gasteiger partial charge in [0.05, 0.1) is 18.5 Å². The minimum absolute atomic E-state index is 0.00127. The fraction of sp³-hybridized carbons (Fsp3) is 0.941. The first-order chi connectivity index (χ1) is 11.5. The van der Waals surface area contributed by atoms with E-state index in [1.807, 2.05) is 41.5 Å². The van der Waals surface area contributed by atoms with E-state index in [1.54, 1.807) is 0 Å². The van der Waals surface area contributed by atoms with Gasteiger partial charge in [-0.25, -0.2) is 0 Å². The monoisotopic (exact) mass is 414 g/mol. The van der Waals surface area contributed by atoms with E-state index in [1.165, 1.54) is 11.8 Å². The van der Waals surface area contributed by atoms with Gasteiger partial charge in [0, 0.05) is 28.8 Å². The SMILES string of the molecule is CC(C)(CC(C)(OC(=O)CCCS(=O)(=O)O)C(C)(C)C)SCC(O)CO. The zero-order valence-electron chi connectivity index (χ0n) is 16.6. The Bertz CT molecular complexity index is 552. The highest BCUT2D eigenvalue weighted by molar-refractivity contribution is 8.00. The summed E-state index contributed by atoms with van der Waals surface area (Å²) in [5.74, 6) is -0.622. The largest absolute Gasteiger partial charge is 0.459 e. The Hall–Kier alpha value is -0.350. The summed E-state index contributed by atoms with van der Waals surface area (Å²) in [6.45, 7) is 11.4. The van der Waals surface area contributed by atoms with Crippen LogP contribution in [0.5, 0.6) is 0 Å². The summed E-state index contributed by atoms with van der Waals surface area (Å²) in [6, 6.07) is 0. The van der Waals surface area contributed by atoms with Gasteiger partial charge in [0.1, 0.15) is 5.60 Å². The van der Waals surface area contributed by atoms with Gasteiger partial charge in [-0.05, 0) is 13.3 Å². The van der Waals surface area contributed by atoms with Crippen molar-refractivity contribution in [3.8, 4) is 0 Å². The summed E-state index contributed by atoms with van der Waals surface area (Å²) in [5, 5.41) is 18.5. The maximum atomic E-state index is 12.2. The van der Waals surface area contributed by atoms with Crippen LogP contribution in [0.1, 0.15) is 60.8 Å². The molecular weight excluding hydrogens is 380 g/mol. The van der Waals surface area contributed by atoms with Gasteiger partial charge in [-0.2, -0.15) is 20.2 Å². The van der Waals surface area contributed by atoms with E-state index in [-0.39, 0.29) is 29.6 Å². The van der Waals surface area contributed by atoms with Gasteiger partial charge in [-0.15, -0.1) is 0 Å². The molecule has 0 saturated carbocycles. The first-order valence-corrected chi connectivity index (χ1v) is 11.2. The molecule has 156 valence electrons. The van der Waals surface area contributed by atoms with Crippen LogP contribution in [0.25, 0.3) is 0 Å². The number of hydrogen-bond acceptors (Lipinski definition) is 7. The molecule has 2 unspecified atom stereocenters. The standard InChI is InChI=1S/C17H34O7S2/c1-15(2,3)17(6,12-16(4,5)25-11-13(19)10-18)24-14(20)8-7-9-26(21,22)23/h13,18-19H,7-12H2,1-6H3,(H,21,22,23). The van der Waals surface area contributed by atoms with Crippen molar-refractivity contribution in [2.45, 2.75) is 77.3 Å². The summed E-state index contributed by atoms with van der Waals surface area (Å²) in [6.07, 6.45) is -0.389. The Labute approximate surface area is 161 Å². The molecule has 0 bridgehead atoms. The molecule has 26 heavy (non-hydrogen) atoms. The second kappa shape index (κ2) is 9.73. The highest BCUT2D eigenvalue weighted by Crippen LogP contribution is 2.44. The molecule has 0 aliphatic rings. The van der Waals surface area contributed by atoms with Crippen molar-refractivity contribution >= 4 is 27.8 Å². The Morgan fingerprint density at radius 2 is 1.69 bits per heavy atom. The number of carbonyl (C=O) groups excluding carboxylic acids is 1. The number of rotatable bonds is 11. The fourth-order valence-corrected chi connectivity index (χ4v) is 4.03. The van der Waals surface area contributed by atoms with E-state index in [4.69, 9.17) is 14.4 Å². The number of aliphatic hydroxyl groups is 2. The number of hydrogen-bond donors (Lipinski definition) is 3. The number of esters is 1. The summed E-state index contributed by atoms with van der Waals surface area (Å²) in [5.41, 5.74) is -1.19. The molecule has 9 heteroatoms. The molecule has 0 aromatic heterocycles. The number of carbonyl (C=O) groups is 1. The van der Waals surface area contributed by atoms with Gasteiger partial charge in [0.15, 0.2) is 0 Å². The average Bonchev–Trinajstić information content (AvgIpc) is 2.41. The molecule has 0 radical (unpaired) electrons. The first-order valence-electron chi connectivity index (χ1n) is 8.61. The third kappa shape index (κ3) is 10.1. The lowest BCUT2D eigenvalue weighted by atomic mass is 9.73. The van der Waals surface area contributed by atoms with Crippen molar-refractivity contribution in [2.75, 3.05) is 18.1 Å². The predicted molar refractivity (Wildman–Crippen MR) is 104 cm³/mol. The molecule has 2 atom stereocenters. The third-order valence-electron chi connectivity index (χ3n) is 4.35. The van der Waals surface area contributed by atoms with Gasteiger partial charge in [-0.3, -0.25) is 9.35 Å². The quantitative estimate of drug-likeness (QED) is 0.348. The highest BCUT2D eigenvalue weighted by atomic mass is 32.2. The maximum Gasteiger partial charge on any atom is 0.306 e. The first kappa shape index (κ1) is 25.6. The van der Waals surface area contributed by atoms with E-state index in [0.717, 1.165) is 0 Å². The molecule has 0 rings (SSSR count). The highest BCUT2D eigenvalue weighted by Gasteiger charge is 2.45. The van der Waals surface area contributed by atoms with Gasteiger partial charge < -0.3 is 14.9 Å². The second-order valence-corrected chi connectivity index (χ2v) is 11.7. The van der Waals surface area contributed by atoms with Crippen molar-refractivity contribution in [3.63, 3.8) is 0 Å². The summed E-state index contributed by atoms with van der Waals surface area (Å²) in [7, 11) is -4.09. The average molecular weight is 415 g/mol. The molecule has 0 amide bonds. The van der Waals surface area contributed by atoms with Gasteiger partial charge in [0.25, 0.3) is 10.1 Å². The molecule has 0 fully saturated rings. The molecule has 0 heterocycles. The van der Waals surface area contributed by atoms with E-state index in [9.17, 15) is 18.3 Å². The fourth-order valence-electron chi connectivity index (χ4n) is 2.39. The van der Waals surface area contributed by atoms with Crippen LogP contribution in [0, 0.1) is 5.41 Å². The molecule has 0 aromatic rings.